The molecule has 1 aromatic rings. The Hall–Kier alpha value is -0.180. The van der Waals surface area contributed by atoms with Crippen molar-refractivity contribution in [1.29, 1.82) is 0 Å². The minimum atomic E-state index is 0. The molecule has 0 bridgehead atoms. The van der Waals surface area contributed by atoms with Gasteiger partial charge in [-0.2, -0.15) is 0 Å². The van der Waals surface area contributed by atoms with Crippen molar-refractivity contribution in [3.05, 3.63) is 29.8 Å². The number of thioether (sulfide) groups is 1. The molecule has 0 radical (unpaired) electrons. The zero-order valence-electron chi connectivity index (χ0n) is 8.27. The molecule has 14 heavy (non-hydrogen) atoms. The van der Waals surface area contributed by atoms with E-state index in [9.17, 15) is 0 Å². The summed E-state index contributed by atoms with van der Waals surface area (Å²) in [6.45, 7) is 0. The zero-order valence-corrected chi connectivity index (χ0v) is 9.91. The van der Waals surface area contributed by atoms with Gasteiger partial charge in [0.05, 0.1) is 0 Å². The van der Waals surface area contributed by atoms with Crippen LogP contribution in [0.4, 0.5) is 0 Å². The Bertz CT molecular complexity index is 282. The van der Waals surface area contributed by atoms with Gasteiger partial charge in [-0.05, 0) is 42.7 Å². The molecule has 1 atom stereocenters. The van der Waals surface area contributed by atoms with E-state index in [1.165, 1.54) is 23.3 Å². The molecule has 1 fully saturated rings. The number of nitrogens with two attached hydrogens (primary N) is 1. The highest BCUT2D eigenvalue weighted by Crippen LogP contribution is 2.39. The minimum absolute atomic E-state index is 0. The Morgan fingerprint density at radius 1 is 1.29 bits per heavy atom. The minimum Gasteiger partial charge on any atom is -0.324 e. The molecule has 0 heterocycles. The number of halogens is 1. The first kappa shape index (κ1) is 11.9. The molecule has 78 valence electrons. The average molecular weight is 230 g/mol. The molecule has 2 N–H and O–H groups in total. The van der Waals surface area contributed by atoms with Crippen molar-refractivity contribution in [2.75, 3.05) is 6.26 Å². The molecule has 0 aliphatic heterocycles. The fraction of sp³-hybridized carbons (Fsp3) is 0.455. The second-order valence-corrected chi connectivity index (χ2v) is 4.52. The van der Waals surface area contributed by atoms with Crippen molar-refractivity contribution in [3.8, 4) is 0 Å². The summed E-state index contributed by atoms with van der Waals surface area (Å²) in [4.78, 5) is 1.31. The predicted molar refractivity (Wildman–Crippen MR) is 65.1 cm³/mol. The van der Waals surface area contributed by atoms with Gasteiger partial charge < -0.3 is 5.73 Å². The van der Waals surface area contributed by atoms with Crippen molar-refractivity contribution in [2.45, 2.75) is 23.8 Å². The molecule has 0 aromatic heterocycles. The van der Waals surface area contributed by atoms with Gasteiger partial charge in [0.15, 0.2) is 0 Å². The smallest absolute Gasteiger partial charge is 0.0323 e. The maximum atomic E-state index is 6.09. The molecule has 1 aliphatic carbocycles. The van der Waals surface area contributed by atoms with Crippen molar-refractivity contribution >= 4 is 24.2 Å². The number of hydrogen-bond donors (Lipinski definition) is 1. The summed E-state index contributed by atoms with van der Waals surface area (Å²) >= 11 is 1.77. The topological polar surface area (TPSA) is 26.0 Å². The molecule has 0 saturated heterocycles. The van der Waals surface area contributed by atoms with Gasteiger partial charge in [0.1, 0.15) is 0 Å². The highest BCUT2D eigenvalue weighted by molar-refractivity contribution is 7.98. The first-order valence-electron chi connectivity index (χ1n) is 4.71. The lowest BCUT2D eigenvalue weighted by atomic mass is 10.0. The average Bonchev–Trinajstić information content (AvgIpc) is 3.00. The molecule has 3 heteroatoms. The summed E-state index contributed by atoms with van der Waals surface area (Å²) in [5.41, 5.74) is 7.38. The summed E-state index contributed by atoms with van der Waals surface area (Å²) in [6, 6.07) is 8.91. The van der Waals surface area contributed by atoms with Crippen molar-refractivity contribution in [2.24, 2.45) is 11.7 Å². The van der Waals surface area contributed by atoms with Crippen LogP contribution in [0.2, 0.25) is 0 Å². The summed E-state index contributed by atoms with van der Waals surface area (Å²) < 4.78 is 0. The number of hydrogen-bond acceptors (Lipinski definition) is 2. The van der Waals surface area contributed by atoms with E-state index >= 15 is 0 Å². The van der Waals surface area contributed by atoms with Crippen LogP contribution in [0.3, 0.4) is 0 Å². The van der Waals surface area contributed by atoms with E-state index in [0.29, 0.717) is 0 Å². The summed E-state index contributed by atoms with van der Waals surface area (Å²) in [6.07, 6.45) is 4.71. The monoisotopic (exact) mass is 229 g/mol. The van der Waals surface area contributed by atoms with Crippen LogP contribution in [-0.4, -0.2) is 6.26 Å². The van der Waals surface area contributed by atoms with E-state index in [-0.39, 0.29) is 18.4 Å². The lowest BCUT2D eigenvalue weighted by Gasteiger charge is -2.10. The van der Waals surface area contributed by atoms with E-state index < -0.39 is 0 Å². The third-order valence-electron chi connectivity index (χ3n) is 2.63. The lowest BCUT2D eigenvalue weighted by Crippen LogP contribution is -2.11. The molecule has 0 unspecified atom stereocenters. The largest absolute Gasteiger partial charge is 0.324 e. The van der Waals surface area contributed by atoms with Crippen LogP contribution in [0.5, 0.6) is 0 Å². The van der Waals surface area contributed by atoms with E-state index in [1.807, 2.05) is 0 Å². The SMILES string of the molecule is CSc1ccc([C@H](N)C2CC2)cc1.Cl. The van der Waals surface area contributed by atoms with E-state index in [4.69, 9.17) is 5.73 Å². The Morgan fingerprint density at radius 2 is 1.86 bits per heavy atom. The van der Waals surface area contributed by atoms with E-state index in [0.717, 1.165) is 5.92 Å². The number of benzene rings is 1. The van der Waals surface area contributed by atoms with Crippen molar-refractivity contribution in [3.63, 3.8) is 0 Å². The van der Waals surface area contributed by atoms with Crippen LogP contribution in [0, 0.1) is 5.92 Å². The highest BCUT2D eigenvalue weighted by atomic mass is 35.5. The first-order valence-corrected chi connectivity index (χ1v) is 5.93. The van der Waals surface area contributed by atoms with Gasteiger partial charge in [0.25, 0.3) is 0 Å². The summed E-state index contributed by atoms with van der Waals surface area (Å²) in [7, 11) is 0. The Morgan fingerprint density at radius 3 is 2.29 bits per heavy atom. The molecule has 1 nitrogen and oxygen atoms in total. The van der Waals surface area contributed by atoms with Gasteiger partial charge in [0.2, 0.25) is 0 Å². The predicted octanol–water partition coefficient (Wildman–Crippen LogP) is 3.24. The fourth-order valence-corrected chi connectivity index (χ4v) is 1.96. The quantitative estimate of drug-likeness (QED) is 0.806. The van der Waals surface area contributed by atoms with Crippen molar-refractivity contribution < 1.29 is 0 Å². The van der Waals surface area contributed by atoms with Crippen LogP contribution in [0.15, 0.2) is 29.2 Å². The zero-order chi connectivity index (χ0) is 9.26. The second-order valence-electron chi connectivity index (χ2n) is 3.64. The maximum absolute atomic E-state index is 6.09. The van der Waals surface area contributed by atoms with Crippen LogP contribution < -0.4 is 5.73 Å². The van der Waals surface area contributed by atoms with Crippen LogP contribution >= 0.6 is 24.2 Å². The molecular formula is C11H16ClNS. The Kier molecular flexibility index (Phi) is 4.30. The van der Waals surface area contributed by atoms with Gasteiger partial charge in [-0.1, -0.05) is 12.1 Å². The molecule has 2 rings (SSSR count). The normalized spacial score (nSPS) is 17.3. The lowest BCUT2D eigenvalue weighted by molar-refractivity contribution is 0.633. The van der Waals surface area contributed by atoms with Crippen molar-refractivity contribution in [1.82, 2.24) is 0 Å². The number of rotatable bonds is 3. The Balaban J connectivity index is 0.000000980. The molecule has 1 aliphatic rings. The van der Waals surface area contributed by atoms with Crippen LogP contribution in [0.1, 0.15) is 24.4 Å². The van der Waals surface area contributed by atoms with Gasteiger partial charge in [0, 0.05) is 10.9 Å². The fourth-order valence-electron chi connectivity index (χ4n) is 1.55. The van der Waals surface area contributed by atoms with Crippen LogP contribution in [-0.2, 0) is 0 Å². The molecule has 1 aromatic carbocycles. The third-order valence-corrected chi connectivity index (χ3v) is 3.37. The second kappa shape index (κ2) is 5.06. The summed E-state index contributed by atoms with van der Waals surface area (Å²) in [5, 5.41) is 0. The van der Waals surface area contributed by atoms with E-state index in [2.05, 4.69) is 30.5 Å². The van der Waals surface area contributed by atoms with Gasteiger partial charge >= 0.3 is 0 Å². The van der Waals surface area contributed by atoms with Crippen LogP contribution in [0.25, 0.3) is 0 Å². The maximum Gasteiger partial charge on any atom is 0.0323 e. The molecule has 0 amide bonds. The standard InChI is InChI=1S/C11H15NS.ClH/c1-13-10-6-4-9(5-7-10)11(12)8-2-3-8;/h4-8,11H,2-3,12H2,1H3;1H/t11-;/m1./s1. The third kappa shape index (κ3) is 2.66. The van der Waals surface area contributed by atoms with Gasteiger partial charge in [-0.15, -0.1) is 24.2 Å². The highest BCUT2D eigenvalue weighted by Gasteiger charge is 2.29. The Labute approximate surface area is 95.9 Å². The van der Waals surface area contributed by atoms with Gasteiger partial charge in [-0.3, -0.25) is 0 Å². The van der Waals surface area contributed by atoms with E-state index in [1.54, 1.807) is 11.8 Å². The molecular weight excluding hydrogens is 214 g/mol. The molecule has 0 spiro atoms. The first-order chi connectivity index (χ1) is 6.31. The summed E-state index contributed by atoms with van der Waals surface area (Å²) in [5.74, 6) is 0.750. The molecule has 1 saturated carbocycles. The van der Waals surface area contributed by atoms with Gasteiger partial charge in [-0.25, -0.2) is 0 Å².